The lowest BCUT2D eigenvalue weighted by atomic mass is 9.95. The lowest BCUT2D eigenvalue weighted by Crippen LogP contribution is -2.29. The number of rotatable bonds is 8. The molecule has 3 rings (SSSR count). The van der Waals surface area contributed by atoms with Crippen LogP contribution in [-0.4, -0.2) is 26.9 Å². The van der Waals surface area contributed by atoms with Crippen LogP contribution in [0.3, 0.4) is 0 Å². The average molecular weight is 340 g/mol. The number of aromatic nitrogens is 2. The Kier molecular flexibility index (Phi) is 6.23. The summed E-state index contributed by atoms with van der Waals surface area (Å²) in [4.78, 5) is 17.9. The van der Waals surface area contributed by atoms with Gasteiger partial charge in [0, 0.05) is 38.3 Å². The van der Waals surface area contributed by atoms with Crippen molar-refractivity contribution in [3.05, 3.63) is 54.1 Å². The first-order valence-corrected chi connectivity index (χ1v) is 9.27. The predicted molar refractivity (Wildman–Crippen MR) is 98.7 cm³/mol. The number of primary amides is 1. The standard InChI is InChI=1S/C20H28N4O/c21-20(25)11-12-23(14-17-7-3-1-4-8-17)15-19-13-22-16-24(19)18-9-5-2-6-10-18/h1,3-4,7-8,13,16,18H,2,5-6,9-12,14-15H2,(H2,21,25). The summed E-state index contributed by atoms with van der Waals surface area (Å²) in [6.45, 7) is 2.27. The Morgan fingerprint density at radius 3 is 2.64 bits per heavy atom. The quantitative estimate of drug-likeness (QED) is 0.802. The Morgan fingerprint density at radius 1 is 1.16 bits per heavy atom. The topological polar surface area (TPSA) is 64.2 Å². The molecule has 0 spiro atoms. The summed E-state index contributed by atoms with van der Waals surface area (Å²) in [5, 5.41) is 0. The number of benzene rings is 1. The zero-order valence-electron chi connectivity index (χ0n) is 14.8. The van der Waals surface area contributed by atoms with Gasteiger partial charge in [0.25, 0.3) is 0 Å². The van der Waals surface area contributed by atoms with Gasteiger partial charge in [0.15, 0.2) is 0 Å². The first-order chi connectivity index (χ1) is 12.2. The summed E-state index contributed by atoms with van der Waals surface area (Å²) in [6, 6.07) is 10.9. The van der Waals surface area contributed by atoms with Crippen molar-refractivity contribution in [2.24, 2.45) is 5.73 Å². The van der Waals surface area contributed by atoms with E-state index in [1.165, 1.54) is 43.4 Å². The Hall–Kier alpha value is -2.14. The molecule has 1 aromatic carbocycles. The lowest BCUT2D eigenvalue weighted by Gasteiger charge is -2.27. The van der Waals surface area contributed by atoms with E-state index in [0.717, 1.165) is 13.1 Å². The molecule has 0 bridgehead atoms. The van der Waals surface area contributed by atoms with Crippen LogP contribution in [0.2, 0.25) is 0 Å². The molecule has 0 radical (unpaired) electrons. The van der Waals surface area contributed by atoms with Gasteiger partial charge in [-0.2, -0.15) is 0 Å². The fourth-order valence-corrected chi connectivity index (χ4v) is 3.70. The van der Waals surface area contributed by atoms with Gasteiger partial charge in [-0.05, 0) is 18.4 Å². The van der Waals surface area contributed by atoms with E-state index in [-0.39, 0.29) is 5.91 Å². The molecule has 25 heavy (non-hydrogen) atoms. The van der Waals surface area contributed by atoms with Crippen LogP contribution >= 0.6 is 0 Å². The molecular formula is C20H28N4O. The highest BCUT2D eigenvalue weighted by Crippen LogP contribution is 2.29. The first kappa shape index (κ1) is 17.7. The monoisotopic (exact) mass is 340 g/mol. The Labute approximate surface area is 149 Å². The Morgan fingerprint density at radius 2 is 1.92 bits per heavy atom. The summed E-state index contributed by atoms with van der Waals surface area (Å²) < 4.78 is 2.35. The van der Waals surface area contributed by atoms with Crippen molar-refractivity contribution < 1.29 is 4.79 Å². The fourth-order valence-electron chi connectivity index (χ4n) is 3.70. The highest BCUT2D eigenvalue weighted by molar-refractivity contribution is 5.73. The molecule has 1 aliphatic rings. The maximum Gasteiger partial charge on any atom is 0.218 e. The van der Waals surface area contributed by atoms with Crippen LogP contribution in [0.25, 0.3) is 0 Å². The van der Waals surface area contributed by atoms with Crippen LogP contribution in [0.4, 0.5) is 0 Å². The van der Waals surface area contributed by atoms with Gasteiger partial charge in [0.1, 0.15) is 0 Å². The third-order valence-electron chi connectivity index (χ3n) is 5.02. The van der Waals surface area contributed by atoms with E-state index in [2.05, 4.69) is 26.6 Å². The zero-order chi connectivity index (χ0) is 17.5. The summed E-state index contributed by atoms with van der Waals surface area (Å²) in [7, 11) is 0. The maximum absolute atomic E-state index is 11.3. The van der Waals surface area contributed by atoms with Crippen LogP contribution < -0.4 is 5.73 Å². The van der Waals surface area contributed by atoms with Crippen LogP contribution in [-0.2, 0) is 17.9 Å². The van der Waals surface area contributed by atoms with Gasteiger partial charge < -0.3 is 10.3 Å². The number of amides is 1. The van der Waals surface area contributed by atoms with Crippen molar-refractivity contribution >= 4 is 5.91 Å². The molecule has 5 nitrogen and oxygen atoms in total. The number of hydrogen-bond donors (Lipinski definition) is 1. The molecule has 1 fully saturated rings. The Balaban J connectivity index is 1.71. The summed E-state index contributed by atoms with van der Waals surface area (Å²) in [5.41, 5.74) is 7.85. The van der Waals surface area contributed by atoms with Crippen molar-refractivity contribution in [3.63, 3.8) is 0 Å². The molecule has 1 saturated carbocycles. The summed E-state index contributed by atoms with van der Waals surface area (Å²) >= 11 is 0. The highest BCUT2D eigenvalue weighted by atomic mass is 16.1. The number of nitrogens with zero attached hydrogens (tertiary/aromatic N) is 3. The zero-order valence-corrected chi connectivity index (χ0v) is 14.8. The van der Waals surface area contributed by atoms with Crippen molar-refractivity contribution in [3.8, 4) is 0 Å². The highest BCUT2D eigenvalue weighted by Gasteiger charge is 2.19. The van der Waals surface area contributed by atoms with Gasteiger partial charge in [-0.1, -0.05) is 49.6 Å². The van der Waals surface area contributed by atoms with E-state index in [9.17, 15) is 4.79 Å². The van der Waals surface area contributed by atoms with E-state index in [0.29, 0.717) is 19.0 Å². The van der Waals surface area contributed by atoms with Crippen molar-refractivity contribution in [2.45, 2.75) is 57.7 Å². The van der Waals surface area contributed by atoms with Gasteiger partial charge in [0.05, 0.1) is 12.0 Å². The first-order valence-electron chi connectivity index (χ1n) is 9.27. The maximum atomic E-state index is 11.3. The van der Waals surface area contributed by atoms with Gasteiger partial charge >= 0.3 is 0 Å². The molecule has 0 unspecified atom stereocenters. The molecule has 1 aliphatic carbocycles. The number of hydrogen-bond acceptors (Lipinski definition) is 3. The summed E-state index contributed by atoms with van der Waals surface area (Å²) in [6.07, 6.45) is 10.8. The second-order valence-corrected chi connectivity index (χ2v) is 7.00. The third-order valence-corrected chi connectivity index (χ3v) is 5.02. The molecule has 0 aliphatic heterocycles. The minimum atomic E-state index is -0.251. The van der Waals surface area contributed by atoms with E-state index < -0.39 is 0 Å². The smallest absolute Gasteiger partial charge is 0.218 e. The number of carbonyl (C=O) groups excluding carboxylic acids is 1. The largest absolute Gasteiger partial charge is 0.370 e. The van der Waals surface area contributed by atoms with Crippen molar-refractivity contribution in [1.29, 1.82) is 0 Å². The second kappa shape index (κ2) is 8.81. The molecule has 1 heterocycles. The molecule has 0 atom stereocenters. The van der Waals surface area contributed by atoms with E-state index in [1.807, 2.05) is 30.7 Å². The van der Waals surface area contributed by atoms with Gasteiger partial charge in [0.2, 0.25) is 5.91 Å². The third kappa shape index (κ3) is 5.16. The van der Waals surface area contributed by atoms with Gasteiger partial charge in [-0.3, -0.25) is 9.69 Å². The predicted octanol–water partition coefficient (Wildman–Crippen LogP) is 3.27. The molecule has 0 saturated heterocycles. The number of nitrogens with two attached hydrogens (primary N) is 1. The normalized spacial score (nSPS) is 15.6. The van der Waals surface area contributed by atoms with Crippen LogP contribution in [0.5, 0.6) is 0 Å². The molecular weight excluding hydrogens is 312 g/mol. The summed E-state index contributed by atoms with van der Waals surface area (Å²) in [5.74, 6) is -0.251. The molecule has 2 aromatic rings. The average Bonchev–Trinajstić information content (AvgIpc) is 3.09. The fraction of sp³-hybridized carbons (Fsp3) is 0.500. The van der Waals surface area contributed by atoms with Crippen molar-refractivity contribution in [2.75, 3.05) is 6.54 Å². The van der Waals surface area contributed by atoms with Gasteiger partial charge in [-0.15, -0.1) is 0 Å². The number of imidazole rings is 1. The molecule has 5 heteroatoms. The SMILES string of the molecule is NC(=O)CCN(Cc1ccccc1)Cc1cncn1C1CCCCC1. The van der Waals surface area contributed by atoms with E-state index in [4.69, 9.17) is 5.73 Å². The lowest BCUT2D eigenvalue weighted by molar-refractivity contribution is -0.118. The number of carbonyl (C=O) groups is 1. The van der Waals surface area contributed by atoms with Gasteiger partial charge in [-0.25, -0.2) is 4.98 Å². The minimum Gasteiger partial charge on any atom is -0.370 e. The van der Waals surface area contributed by atoms with Crippen LogP contribution in [0.1, 0.15) is 55.8 Å². The van der Waals surface area contributed by atoms with E-state index in [1.54, 1.807) is 0 Å². The van der Waals surface area contributed by atoms with Crippen molar-refractivity contribution in [1.82, 2.24) is 14.5 Å². The second-order valence-electron chi connectivity index (χ2n) is 7.00. The molecule has 1 aromatic heterocycles. The molecule has 1 amide bonds. The molecule has 2 N–H and O–H groups in total. The van der Waals surface area contributed by atoms with E-state index >= 15 is 0 Å². The van der Waals surface area contributed by atoms with Crippen LogP contribution in [0.15, 0.2) is 42.9 Å². The minimum absolute atomic E-state index is 0.251. The Bertz CT molecular complexity index is 661. The molecule has 134 valence electrons. The van der Waals surface area contributed by atoms with Crippen LogP contribution in [0, 0.1) is 0 Å².